The van der Waals surface area contributed by atoms with Gasteiger partial charge in [-0.2, -0.15) is 4.37 Å². The number of hydrogen-bond donors (Lipinski definition) is 3. The van der Waals surface area contributed by atoms with E-state index in [9.17, 15) is 18.8 Å². The summed E-state index contributed by atoms with van der Waals surface area (Å²) in [6.07, 6.45) is 0. The molecular formula is C23H17ClFN5O3S. The summed E-state index contributed by atoms with van der Waals surface area (Å²) in [6, 6.07) is 11.7. The second-order valence-electron chi connectivity index (χ2n) is 7.64. The maximum atomic E-state index is 14.1. The van der Waals surface area contributed by atoms with Crippen molar-refractivity contribution < 1.29 is 18.8 Å². The predicted octanol–water partition coefficient (Wildman–Crippen LogP) is 3.72. The zero-order chi connectivity index (χ0) is 24.0. The fraction of sp³-hybridized carbons (Fsp3) is 0.130. The average molecular weight is 498 g/mol. The molecule has 3 heterocycles. The van der Waals surface area contributed by atoms with Crippen LogP contribution >= 0.6 is 23.1 Å². The van der Waals surface area contributed by atoms with Gasteiger partial charge in [-0.05, 0) is 41.9 Å². The van der Waals surface area contributed by atoms with E-state index in [0.717, 1.165) is 4.70 Å². The Morgan fingerprint density at radius 2 is 2.00 bits per heavy atom. The van der Waals surface area contributed by atoms with Gasteiger partial charge in [0.15, 0.2) is 0 Å². The van der Waals surface area contributed by atoms with Gasteiger partial charge in [-0.15, -0.1) is 0 Å². The van der Waals surface area contributed by atoms with Gasteiger partial charge < -0.3 is 20.5 Å². The molecule has 0 spiro atoms. The zero-order valence-corrected chi connectivity index (χ0v) is 19.3. The highest BCUT2D eigenvalue weighted by atomic mass is 35.5. The minimum absolute atomic E-state index is 0.156. The topological polar surface area (TPSA) is 105 Å². The van der Waals surface area contributed by atoms with Gasteiger partial charge in [-0.25, -0.2) is 4.39 Å². The van der Waals surface area contributed by atoms with Gasteiger partial charge in [0, 0.05) is 23.0 Å². The van der Waals surface area contributed by atoms with E-state index in [1.54, 1.807) is 6.07 Å². The molecule has 34 heavy (non-hydrogen) atoms. The molecule has 0 aliphatic carbocycles. The molecule has 4 aromatic rings. The summed E-state index contributed by atoms with van der Waals surface area (Å²) in [4.78, 5) is 38.3. The Balaban J connectivity index is 1.64. The first-order valence-corrected chi connectivity index (χ1v) is 11.4. The minimum atomic E-state index is -0.898. The quantitative estimate of drug-likeness (QED) is 0.399. The van der Waals surface area contributed by atoms with Crippen molar-refractivity contribution in [2.45, 2.75) is 12.6 Å². The molecule has 2 aromatic carbocycles. The van der Waals surface area contributed by atoms with E-state index in [-0.39, 0.29) is 34.5 Å². The lowest BCUT2D eigenvalue weighted by Crippen LogP contribution is -2.40. The third-order valence-electron chi connectivity index (χ3n) is 5.59. The van der Waals surface area contributed by atoms with Crippen molar-refractivity contribution in [1.82, 2.24) is 19.6 Å². The molecule has 1 aliphatic rings. The molecule has 0 radical (unpaired) electrons. The maximum Gasteiger partial charge on any atom is 0.276 e. The highest BCUT2D eigenvalue weighted by molar-refractivity contribution is 7.13. The lowest BCUT2D eigenvalue weighted by molar-refractivity contribution is -0.123. The number of carbonyl (C=O) groups excluding carboxylic acids is 3. The van der Waals surface area contributed by atoms with E-state index in [4.69, 9.17) is 11.6 Å². The predicted molar refractivity (Wildman–Crippen MR) is 127 cm³/mol. The molecule has 1 unspecified atom stereocenters. The Morgan fingerprint density at radius 3 is 2.79 bits per heavy atom. The smallest absolute Gasteiger partial charge is 0.276 e. The Morgan fingerprint density at radius 1 is 1.21 bits per heavy atom. The molecule has 0 saturated heterocycles. The zero-order valence-electron chi connectivity index (χ0n) is 17.7. The number of rotatable bonds is 4. The Labute approximate surface area is 201 Å². The van der Waals surface area contributed by atoms with Crippen molar-refractivity contribution in [2.75, 3.05) is 12.4 Å². The molecule has 3 N–H and O–H groups in total. The SMILES string of the molecule is CNC(=O)c1cc(NC(=O)c2nsc3ccccc23)c2n1CC(=O)NC2c1cc(F)ccc1Cl. The molecule has 172 valence electrons. The van der Waals surface area contributed by atoms with E-state index in [1.165, 1.54) is 47.4 Å². The number of carbonyl (C=O) groups is 3. The summed E-state index contributed by atoms with van der Waals surface area (Å²) in [6.45, 7) is -0.156. The summed E-state index contributed by atoms with van der Waals surface area (Å²) in [7, 11) is 1.46. The highest BCUT2D eigenvalue weighted by Gasteiger charge is 2.34. The second kappa shape index (κ2) is 8.54. The van der Waals surface area contributed by atoms with Gasteiger partial charge in [-0.3, -0.25) is 14.4 Å². The van der Waals surface area contributed by atoms with Crippen molar-refractivity contribution in [3.8, 4) is 0 Å². The van der Waals surface area contributed by atoms with E-state index >= 15 is 0 Å². The van der Waals surface area contributed by atoms with Gasteiger partial charge in [0.05, 0.1) is 22.1 Å². The van der Waals surface area contributed by atoms with Crippen LogP contribution in [-0.2, 0) is 11.3 Å². The fourth-order valence-corrected chi connectivity index (χ4v) is 5.07. The van der Waals surface area contributed by atoms with E-state index in [0.29, 0.717) is 16.6 Å². The molecule has 0 bridgehead atoms. The molecule has 8 nitrogen and oxygen atoms in total. The van der Waals surface area contributed by atoms with Crippen molar-refractivity contribution in [3.05, 3.63) is 82.0 Å². The standard InChI is InChI=1S/C23H17ClFN5O3S/c1-26-22(32)16-9-15(27-23(33)20-12-4-2-3-5-17(12)34-29-20)21-19(28-18(31)10-30(16)21)13-8-11(25)6-7-14(13)24/h2-9,19H,10H2,1H3,(H,26,32)(H,27,33)(H,28,31). The molecule has 3 amide bonds. The monoisotopic (exact) mass is 497 g/mol. The number of halogens is 2. The molecule has 1 aliphatic heterocycles. The summed E-state index contributed by atoms with van der Waals surface area (Å²) in [5, 5.41) is 9.09. The Hall–Kier alpha value is -3.76. The largest absolute Gasteiger partial charge is 0.354 e. The molecule has 11 heteroatoms. The molecular weight excluding hydrogens is 481 g/mol. The van der Waals surface area contributed by atoms with Crippen LogP contribution in [0.25, 0.3) is 10.1 Å². The van der Waals surface area contributed by atoms with Gasteiger partial charge in [0.1, 0.15) is 23.7 Å². The summed E-state index contributed by atoms with van der Waals surface area (Å²) in [5.41, 5.74) is 1.39. The molecule has 5 rings (SSSR count). The number of hydrogen-bond acceptors (Lipinski definition) is 5. The number of nitrogens with one attached hydrogen (secondary N) is 3. The molecule has 0 fully saturated rings. The Bertz CT molecular complexity index is 1480. The summed E-state index contributed by atoms with van der Waals surface area (Å²) >= 11 is 7.54. The van der Waals surface area contributed by atoms with Crippen LogP contribution in [0.5, 0.6) is 0 Å². The van der Waals surface area contributed by atoms with Crippen LogP contribution in [0.4, 0.5) is 10.1 Å². The van der Waals surface area contributed by atoms with Crippen LogP contribution in [0.2, 0.25) is 5.02 Å². The van der Waals surface area contributed by atoms with Crippen molar-refractivity contribution in [2.24, 2.45) is 0 Å². The molecule has 2 aromatic heterocycles. The van der Waals surface area contributed by atoms with Crippen molar-refractivity contribution >= 4 is 56.6 Å². The lowest BCUT2D eigenvalue weighted by Gasteiger charge is -2.29. The van der Waals surface area contributed by atoms with Gasteiger partial charge in [-0.1, -0.05) is 29.8 Å². The van der Waals surface area contributed by atoms with Gasteiger partial charge >= 0.3 is 0 Å². The first-order valence-electron chi connectivity index (χ1n) is 10.2. The van der Waals surface area contributed by atoms with E-state index in [2.05, 4.69) is 20.3 Å². The average Bonchev–Trinajstić information content (AvgIpc) is 3.41. The van der Waals surface area contributed by atoms with Crippen LogP contribution in [0.1, 0.15) is 38.3 Å². The van der Waals surface area contributed by atoms with Crippen LogP contribution in [0, 0.1) is 5.82 Å². The summed E-state index contributed by atoms with van der Waals surface area (Å²) in [5.74, 6) is -1.85. The van der Waals surface area contributed by atoms with E-state index in [1.807, 2.05) is 18.2 Å². The highest BCUT2D eigenvalue weighted by Crippen LogP contribution is 2.38. The first-order chi connectivity index (χ1) is 16.4. The number of anilines is 1. The fourth-order valence-electron chi connectivity index (χ4n) is 4.07. The van der Waals surface area contributed by atoms with Gasteiger partial charge in [0.25, 0.3) is 11.8 Å². The number of aromatic nitrogens is 2. The normalized spacial score (nSPS) is 15.0. The van der Waals surface area contributed by atoms with Crippen LogP contribution < -0.4 is 16.0 Å². The number of nitrogens with zero attached hydrogens (tertiary/aromatic N) is 2. The number of amides is 3. The Kier molecular flexibility index (Phi) is 5.54. The van der Waals surface area contributed by atoms with Crippen LogP contribution in [0.3, 0.4) is 0 Å². The van der Waals surface area contributed by atoms with Crippen LogP contribution in [0.15, 0.2) is 48.5 Å². The second-order valence-corrected chi connectivity index (χ2v) is 8.85. The van der Waals surface area contributed by atoms with Gasteiger partial charge in [0.2, 0.25) is 5.91 Å². The molecule has 1 atom stereocenters. The third-order valence-corrected chi connectivity index (χ3v) is 6.76. The van der Waals surface area contributed by atoms with E-state index < -0.39 is 23.7 Å². The number of fused-ring (bicyclic) bond motifs is 2. The first kappa shape index (κ1) is 22.1. The van der Waals surface area contributed by atoms with Crippen molar-refractivity contribution in [3.63, 3.8) is 0 Å². The number of benzene rings is 2. The van der Waals surface area contributed by atoms with Crippen molar-refractivity contribution in [1.29, 1.82) is 0 Å². The molecule has 0 saturated carbocycles. The van der Waals surface area contributed by atoms with Crippen LogP contribution in [-0.4, -0.2) is 33.7 Å². The maximum absolute atomic E-state index is 14.1. The lowest BCUT2D eigenvalue weighted by atomic mass is 10.0. The third kappa shape index (κ3) is 3.70. The summed E-state index contributed by atoms with van der Waals surface area (Å²) < 4.78 is 20.7. The minimum Gasteiger partial charge on any atom is -0.354 e.